The standard InChI is InChI=1S/C27H27NO2S/c1-21-12-14-22(15-13-21)20-25-27(29)28(17-19-31-25)16-18-30-26(23-8-4-2-5-9-23)24-10-6-3-7-11-24/h2-15,20,26H,16-19H2,1H3. The van der Waals surface area contributed by atoms with Gasteiger partial charge >= 0.3 is 0 Å². The minimum Gasteiger partial charge on any atom is -0.367 e. The van der Waals surface area contributed by atoms with Crippen LogP contribution in [0.15, 0.2) is 89.8 Å². The number of aryl methyl sites for hydroxylation is 1. The lowest BCUT2D eigenvalue weighted by Gasteiger charge is -2.29. The third-order valence-corrected chi connectivity index (χ3v) is 6.33. The molecule has 0 aromatic heterocycles. The number of rotatable bonds is 7. The predicted molar refractivity (Wildman–Crippen MR) is 129 cm³/mol. The molecule has 0 unspecified atom stereocenters. The molecule has 4 rings (SSSR count). The zero-order chi connectivity index (χ0) is 21.5. The summed E-state index contributed by atoms with van der Waals surface area (Å²) in [5.74, 6) is 1.00. The molecule has 1 aliphatic rings. The van der Waals surface area contributed by atoms with Crippen LogP contribution in [-0.4, -0.2) is 36.3 Å². The van der Waals surface area contributed by atoms with Gasteiger partial charge in [-0.3, -0.25) is 4.79 Å². The van der Waals surface area contributed by atoms with Crippen LogP contribution in [0.25, 0.3) is 6.08 Å². The van der Waals surface area contributed by atoms with Crippen molar-refractivity contribution in [2.24, 2.45) is 0 Å². The Morgan fingerprint density at radius 3 is 2.16 bits per heavy atom. The minimum absolute atomic E-state index is 0.0939. The van der Waals surface area contributed by atoms with Crippen LogP contribution in [0, 0.1) is 6.92 Å². The molecule has 0 atom stereocenters. The van der Waals surface area contributed by atoms with E-state index >= 15 is 0 Å². The maximum Gasteiger partial charge on any atom is 0.260 e. The summed E-state index contributed by atoms with van der Waals surface area (Å²) in [6, 6.07) is 28.7. The number of amides is 1. The molecule has 158 valence electrons. The molecule has 3 aromatic rings. The molecule has 0 saturated carbocycles. The van der Waals surface area contributed by atoms with Crippen molar-refractivity contribution in [3.8, 4) is 0 Å². The first-order chi connectivity index (χ1) is 15.2. The highest BCUT2D eigenvalue weighted by Crippen LogP contribution is 2.28. The lowest BCUT2D eigenvalue weighted by atomic mass is 10.0. The highest BCUT2D eigenvalue weighted by Gasteiger charge is 2.24. The lowest BCUT2D eigenvalue weighted by Crippen LogP contribution is -2.39. The van der Waals surface area contributed by atoms with Crippen molar-refractivity contribution in [3.05, 3.63) is 112 Å². The number of thioether (sulfide) groups is 1. The second-order valence-electron chi connectivity index (χ2n) is 7.63. The third kappa shape index (κ3) is 5.66. The SMILES string of the molecule is Cc1ccc(C=C2SCCN(CCOC(c3ccccc3)c3ccccc3)C2=O)cc1. The van der Waals surface area contributed by atoms with Gasteiger partial charge in [0, 0.05) is 18.8 Å². The molecular formula is C27H27NO2S. The quantitative estimate of drug-likeness (QED) is 0.450. The number of ether oxygens (including phenoxy) is 1. The van der Waals surface area contributed by atoms with Gasteiger partial charge in [0.15, 0.2) is 0 Å². The number of benzene rings is 3. The smallest absolute Gasteiger partial charge is 0.260 e. The normalized spacial score (nSPS) is 15.6. The van der Waals surface area contributed by atoms with Crippen LogP contribution in [0.3, 0.4) is 0 Å². The van der Waals surface area contributed by atoms with Gasteiger partial charge in [0.2, 0.25) is 0 Å². The molecule has 0 spiro atoms. The second-order valence-corrected chi connectivity index (χ2v) is 8.77. The fourth-order valence-electron chi connectivity index (χ4n) is 3.64. The van der Waals surface area contributed by atoms with Crippen molar-refractivity contribution in [3.63, 3.8) is 0 Å². The molecule has 0 aliphatic carbocycles. The van der Waals surface area contributed by atoms with Gasteiger partial charge in [-0.25, -0.2) is 0 Å². The number of carbonyl (C=O) groups is 1. The van der Waals surface area contributed by atoms with Crippen LogP contribution in [-0.2, 0) is 9.53 Å². The van der Waals surface area contributed by atoms with Crippen molar-refractivity contribution in [1.82, 2.24) is 4.90 Å². The maximum absolute atomic E-state index is 13.0. The molecule has 1 aliphatic heterocycles. The van der Waals surface area contributed by atoms with Crippen molar-refractivity contribution in [2.45, 2.75) is 13.0 Å². The van der Waals surface area contributed by atoms with Crippen LogP contribution >= 0.6 is 11.8 Å². The first kappa shape index (κ1) is 21.4. The molecule has 1 saturated heterocycles. The van der Waals surface area contributed by atoms with Gasteiger partial charge in [0.1, 0.15) is 6.10 Å². The van der Waals surface area contributed by atoms with E-state index in [1.165, 1.54) is 5.56 Å². The van der Waals surface area contributed by atoms with E-state index in [2.05, 4.69) is 55.5 Å². The molecule has 0 radical (unpaired) electrons. The van der Waals surface area contributed by atoms with Gasteiger partial charge in [0.05, 0.1) is 11.5 Å². The average molecular weight is 430 g/mol. The first-order valence-corrected chi connectivity index (χ1v) is 11.6. The minimum atomic E-state index is -0.140. The Bertz CT molecular complexity index is 977. The Labute approximate surface area is 188 Å². The average Bonchev–Trinajstić information content (AvgIpc) is 2.81. The van der Waals surface area contributed by atoms with Crippen LogP contribution < -0.4 is 0 Å². The summed E-state index contributed by atoms with van der Waals surface area (Å²) >= 11 is 1.64. The molecule has 1 heterocycles. The number of hydrogen-bond donors (Lipinski definition) is 0. The van der Waals surface area contributed by atoms with E-state index in [-0.39, 0.29) is 12.0 Å². The van der Waals surface area contributed by atoms with Gasteiger partial charge < -0.3 is 9.64 Å². The summed E-state index contributed by atoms with van der Waals surface area (Å²) in [6.45, 7) is 3.89. The van der Waals surface area contributed by atoms with E-state index in [9.17, 15) is 4.79 Å². The Kier molecular flexibility index (Phi) is 7.23. The van der Waals surface area contributed by atoms with Crippen molar-refractivity contribution in [1.29, 1.82) is 0 Å². The largest absolute Gasteiger partial charge is 0.367 e. The first-order valence-electron chi connectivity index (χ1n) is 10.6. The van der Waals surface area contributed by atoms with E-state index in [0.717, 1.165) is 33.9 Å². The summed E-state index contributed by atoms with van der Waals surface area (Å²) in [6.07, 6.45) is 1.86. The summed E-state index contributed by atoms with van der Waals surface area (Å²) in [5, 5.41) is 0. The molecule has 31 heavy (non-hydrogen) atoms. The Balaban J connectivity index is 1.41. The maximum atomic E-state index is 13.0. The van der Waals surface area contributed by atoms with Crippen LogP contribution in [0.5, 0.6) is 0 Å². The van der Waals surface area contributed by atoms with Gasteiger partial charge in [-0.1, -0.05) is 90.5 Å². The lowest BCUT2D eigenvalue weighted by molar-refractivity contribution is -0.127. The Morgan fingerprint density at radius 2 is 1.55 bits per heavy atom. The Morgan fingerprint density at radius 1 is 0.935 bits per heavy atom. The molecule has 0 N–H and O–H groups in total. The molecular weight excluding hydrogens is 402 g/mol. The topological polar surface area (TPSA) is 29.5 Å². The second kappa shape index (κ2) is 10.5. The summed E-state index contributed by atoms with van der Waals surface area (Å²) in [7, 11) is 0. The van der Waals surface area contributed by atoms with E-state index in [4.69, 9.17) is 4.74 Å². The molecule has 3 aromatic carbocycles. The predicted octanol–water partition coefficient (Wildman–Crippen LogP) is 5.72. The van der Waals surface area contributed by atoms with E-state index in [0.29, 0.717) is 13.2 Å². The molecule has 1 amide bonds. The summed E-state index contributed by atoms with van der Waals surface area (Å²) in [5.41, 5.74) is 4.52. The zero-order valence-corrected chi connectivity index (χ0v) is 18.6. The fraction of sp³-hybridized carbons (Fsp3) is 0.222. The Hall–Kier alpha value is -2.82. The van der Waals surface area contributed by atoms with Crippen molar-refractivity contribution >= 4 is 23.7 Å². The van der Waals surface area contributed by atoms with Gasteiger partial charge in [-0.05, 0) is 29.7 Å². The van der Waals surface area contributed by atoms with E-state index in [1.807, 2.05) is 47.4 Å². The van der Waals surface area contributed by atoms with Gasteiger partial charge in [-0.2, -0.15) is 0 Å². The van der Waals surface area contributed by atoms with Crippen LogP contribution in [0.2, 0.25) is 0 Å². The van der Waals surface area contributed by atoms with Crippen molar-refractivity contribution < 1.29 is 9.53 Å². The highest BCUT2D eigenvalue weighted by atomic mass is 32.2. The van der Waals surface area contributed by atoms with Gasteiger partial charge in [-0.15, -0.1) is 11.8 Å². The summed E-state index contributed by atoms with van der Waals surface area (Å²) in [4.78, 5) is 15.7. The molecule has 1 fully saturated rings. The highest BCUT2D eigenvalue weighted by molar-refractivity contribution is 8.04. The van der Waals surface area contributed by atoms with Crippen molar-refractivity contribution in [2.75, 3.05) is 25.4 Å². The number of hydrogen-bond acceptors (Lipinski definition) is 3. The fourth-order valence-corrected chi connectivity index (χ4v) is 4.64. The zero-order valence-electron chi connectivity index (χ0n) is 17.7. The van der Waals surface area contributed by atoms with E-state index < -0.39 is 0 Å². The molecule has 4 heteroatoms. The number of nitrogens with zero attached hydrogens (tertiary/aromatic N) is 1. The van der Waals surface area contributed by atoms with Crippen LogP contribution in [0.1, 0.15) is 28.4 Å². The van der Waals surface area contributed by atoms with Gasteiger partial charge in [0.25, 0.3) is 5.91 Å². The van der Waals surface area contributed by atoms with Crippen LogP contribution in [0.4, 0.5) is 0 Å². The van der Waals surface area contributed by atoms with E-state index in [1.54, 1.807) is 11.8 Å². The molecule has 3 nitrogen and oxygen atoms in total. The monoisotopic (exact) mass is 429 g/mol. The number of carbonyl (C=O) groups excluding carboxylic acids is 1. The third-order valence-electron chi connectivity index (χ3n) is 5.34. The molecule has 0 bridgehead atoms. The summed E-state index contributed by atoms with van der Waals surface area (Å²) < 4.78 is 6.31.